The van der Waals surface area contributed by atoms with Crippen LogP contribution in [0.3, 0.4) is 0 Å². The van der Waals surface area contributed by atoms with Crippen molar-refractivity contribution in [1.29, 1.82) is 0 Å². The minimum Gasteiger partial charge on any atom is -0.479 e. The fraction of sp³-hybridized carbons (Fsp3) is 0.273. The zero-order valence-electron chi connectivity index (χ0n) is 16.1. The molecule has 1 aromatic heterocycles. The summed E-state index contributed by atoms with van der Waals surface area (Å²) in [5.41, 5.74) is -0.0251. The Morgan fingerprint density at radius 1 is 1.14 bits per heavy atom. The fourth-order valence-electron chi connectivity index (χ4n) is 2.64. The number of benzene rings is 2. The lowest BCUT2D eigenvalue weighted by atomic mass is 10.2. The highest BCUT2D eigenvalue weighted by molar-refractivity contribution is 6.32. The number of hydrogen-bond donors (Lipinski definition) is 0. The van der Waals surface area contributed by atoms with E-state index in [-0.39, 0.29) is 11.2 Å². The molecule has 0 saturated carbocycles. The molecule has 2 aromatic carbocycles. The fourth-order valence-corrected chi connectivity index (χ4v) is 2.81. The molecule has 0 radical (unpaired) electrons. The molecule has 0 aliphatic rings. The van der Waals surface area contributed by atoms with E-state index in [9.17, 15) is 9.59 Å². The smallest absolute Gasteiger partial charge is 0.347 e. The molecular weight excluding hydrogens is 396 g/mol. The molecule has 0 saturated heterocycles. The number of esters is 1. The third-order valence-corrected chi connectivity index (χ3v) is 4.44. The second kappa shape index (κ2) is 9.47. The zero-order chi connectivity index (χ0) is 20.8. The van der Waals surface area contributed by atoms with E-state index in [2.05, 4.69) is 0 Å². The Kier molecular flexibility index (Phi) is 6.77. The first-order chi connectivity index (χ1) is 14.0. The predicted molar refractivity (Wildman–Crippen MR) is 110 cm³/mol. The van der Waals surface area contributed by atoms with E-state index in [0.717, 1.165) is 6.42 Å². The molecule has 0 spiro atoms. The standard InChI is InChI=1S/C22H21ClO6/c1-3-11-26-22(25)17(4-2)28-14-9-10-15-19(12-14)27-13-20(21(15)24)29-18-8-6-5-7-16(18)23/h5-10,12-13,17H,3-4,11H2,1-2H3/t17-/m0/s1. The minimum atomic E-state index is -0.728. The summed E-state index contributed by atoms with van der Waals surface area (Å²) in [5, 5.41) is 0.708. The molecule has 3 aromatic rings. The van der Waals surface area contributed by atoms with Crippen LogP contribution in [0.25, 0.3) is 11.0 Å². The zero-order valence-corrected chi connectivity index (χ0v) is 16.9. The molecule has 0 aliphatic carbocycles. The molecule has 0 bridgehead atoms. The van der Waals surface area contributed by atoms with E-state index in [4.69, 9.17) is 30.2 Å². The number of rotatable bonds is 8. The highest BCUT2D eigenvalue weighted by Crippen LogP contribution is 2.29. The average molecular weight is 417 g/mol. The lowest BCUT2D eigenvalue weighted by molar-refractivity contribution is -0.152. The molecule has 0 fully saturated rings. The molecule has 0 amide bonds. The lowest BCUT2D eigenvalue weighted by Gasteiger charge is -2.16. The van der Waals surface area contributed by atoms with Crippen molar-refractivity contribution in [3.05, 3.63) is 64.0 Å². The van der Waals surface area contributed by atoms with Crippen LogP contribution in [0, 0.1) is 0 Å². The van der Waals surface area contributed by atoms with Gasteiger partial charge in [0.05, 0.1) is 17.0 Å². The van der Waals surface area contributed by atoms with Gasteiger partial charge in [-0.15, -0.1) is 0 Å². The molecule has 1 atom stereocenters. The molecule has 7 heteroatoms. The number of carbonyl (C=O) groups is 1. The predicted octanol–water partition coefficient (Wildman–Crippen LogP) is 5.35. The van der Waals surface area contributed by atoms with Crippen LogP contribution < -0.4 is 14.9 Å². The second-order valence-corrected chi connectivity index (χ2v) is 6.71. The van der Waals surface area contributed by atoms with Gasteiger partial charge in [-0.2, -0.15) is 0 Å². The molecule has 29 heavy (non-hydrogen) atoms. The van der Waals surface area contributed by atoms with E-state index in [0.29, 0.717) is 40.5 Å². The number of ether oxygens (including phenoxy) is 3. The number of para-hydroxylation sites is 1. The van der Waals surface area contributed by atoms with Crippen molar-refractivity contribution in [1.82, 2.24) is 0 Å². The Morgan fingerprint density at radius 2 is 1.93 bits per heavy atom. The summed E-state index contributed by atoms with van der Waals surface area (Å²) >= 11 is 6.07. The van der Waals surface area contributed by atoms with Crippen molar-refractivity contribution in [3.8, 4) is 17.2 Å². The van der Waals surface area contributed by atoms with Gasteiger partial charge in [-0.3, -0.25) is 4.79 Å². The third-order valence-electron chi connectivity index (χ3n) is 4.13. The lowest BCUT2D eigenvalue weighted by Crippen LogP contribution is -2.28. The van der Waals surface area contributed by atoms with Gasteiger partial charge in [-0.25, -0.2) is 4.79 Å². The third kappa shape index (κ3) is 4.90. The summed E-state index contributed by atoms with van der Waals surface area (Å²) in [4.78, 5) is 24.8. The molecule has 3 rings (SSSR count). The summed E-state index contributed by atoms with van der Waals surface area (Å²) in [5.74, 6) is 0.367. The SMILES string of the molecule is CCCOC(=O)[C@H](CC)Oc1ccc2c(=O)c(Oc3ccccc3Cl)coc2c1. The number of hydrogen-bond acceptors (Lipinski definition) is 6. The van der Waals surface area contributed by atoms with Crippen LogP contribution in [-0.2, 0) is 9.53 Å². The number of fused-ring (bicyclic) bond motifs is 1. The van der Waals surface area contributed by atoms with Gasteiger partial charge in [0.25, 0.3) is 0 Å². The first kappa shape index (κ1) is 20.7. The number of halogens is 1. The van der Waals surface area contributed by atoms with Gasteiger partial charge in [0.2, 0.25) is 11.2 Å². The number of carbonyl (C=O) groups excluding carboxylic acids is 1. The van der Waals surface area contributed by atoms with Crippen molar-refractivity contribution in [3.63, 3.8) is 0 Å². The van der Waals surface area contributed by atoms with Crippen LogP contribution in [0.1, 0.15) is 26.7 Å². The van der Waals surface area contributed by atoms with Crippen molar-refractivity contribution in [2.24, 2.45) is 0 Å². The van der Waals surface area contributed by atoms with Gasteiger partial charge in [-0.05, 0) is 37.1 Å². The maximum atomic E-state index is 12.7. The summed E-state index contributed by atoms with van der Waals surface area (Å²) in [7, 11) is 0. The molecule has 0 aliphatic heterocycles. The van der Waals surface area contributed by atoms with Crippen LogP contribution >= 0.6 is 11.6 Å². The topological polar surface area (TPSA) is 75.0 Å². The van der Waals surface area contributed by atoms with Crippen LogP contribution in [-0.4, -0.2) is 18.7 Å². The van der Waals surface area contributed by atoms with Crippen LogP contribution in [0.5, 0.6) is 17.2 Å². The normalized spacial score (nSPS) is 11.8. The van der Waals surface area contributed by atoms with E-state index >= 15 is 0 Å². The molecule has 152 valence electrons. The maximum Gasteiger partial charge on any atom is 0.347 e. The first-order valence-electron chi connectivity index (χ1n) is 9.34. The monoisotopic (exact) mass is 416 g/mol. The van der Waals surface area contributed by atoms with Gasteiger partial charge >= 0.3 is 5.97 Å². The van der Waals surface area contributed by atoms with Gasteiger partial charge in [0.15, 0.2) is 6.10 Å². The average Bonchev–Trinajstić information content (AvgIpc) is 2.73. The minimum absolute atomic E-state index is 0.0221. The summed E-state index contributed by atoms with van der Waals surface area (Å²) < 4.78 is 22.0. The molecule has 0 unspecified atom stereocenters. The largest absolute Gasteiger partial charge is 0.479 e. The Bertz CT molecular complexity index is 1060. The summed E-state index contributed by atoms with van der Waals surface area (Å²) in [6, 6.07) is 11.6. The van der Waals surface area contributed by atoms with Crippen LogP contribution in [0.15, 0.2) is 57.9 Å². The van der Waals surface area contributed by atoms with E-state index < -0.39 is 12.1 Å². The van der Waals surface area contributed by atoms with Crippen LogP contribution in [0.2, 0.25) is 5.02 Å². The van der Waals surface area contributed by atoms with Crippen molar-refractivity contribution in [2.45, 2.75) is 32.8 Å². The van der Waals surface area contributed by atoms with Crippen molar-refractivity contribution in [2.75, 3.05) is 6.61 Å². The van der Waals surface area contributed by atoms with Crippen molar-refractivity contribution < 1.29 is 23.4 Å². The summed E-state index contributed by atoms with van der Waals surface area (Å²) in [6.07, 6.45) is 1.69. The second-order valence-electron chi connectivity index (χ2n) is 6.30. The Labute approximate surface area is 172 Å². The maximum absolute atomic E-state index is 12.7. The quantitative estimate of drug-likeness (QED) is 0.461. The Hall–Kier alpha value is -2.99. The van der Waals surface area contributed by atoms with Crippen molar-refractivity contribution >= 4 is 28.5 Å². The van der Waals surface area contributed by atoms with E-state index in [1.165, 1.54) is 6.26 Å². The molecule has 6 nitrogen and oxygen atoms in total. The van der Waals surface area contributed by atoms with Gasteiger partial charge in [0, 0.05) is 6.07 Å². The van der Waals surface area contributed by atoms with Gasteiger partial charge < -0.3 is 18.6 Å². The van der Waals surface area contributed by atoms with E-state index in [1.54, 1.807) is 42.5 Å². The molecule has 0 N–H and O–H groups in total. The molecule has 1 heterocycles. The van der Waals surface area contributed by atoms with Gasteiger partial charge in [0.1, 0.15) is 23.3 Å². The van der Waals surface area contributed by atoms with E-state index in [1.807, 2.05) is 13.8 Å². The Morgan fingerprint density at radius 3 is 2.66 bits per heavy atom. The summed E-state index contributed by atoms with van der Waals surface area (Å²) in [6.45, 7) is 4.10. The highest BCUT2D eigenvalue weighted by Gasteiger charge is 2.20. The molecular formula is C22H21ClO6. The van der Waals surface area contributed by atoms with Crippen LogP contribution in [0.4, 0.5) is 0 Å². The first-order valence-corrected chi connectivity index (χ1v) is 9.72. The van der Waals surface area contributed by atoms with Gasteiger partial charge in [-0.1, -0.05) is 37.6 Å². The Balaban J connectivity index is 1.83. The highest BCUT2D eigenvalue weighted by atomic mass is 35.5.